The Bertz CT molecular complexity index is 521. The minimum Gasteiger partial charge on any atom is -0.477 e. The Morgan fingerprint density at radius 1 is 1.19 bits per heavy atom. The highest BCUT2D eigenvalue weighted by molar-refractivity contribution is 5.97. The normalized spacial score (nSPS) is 19.0. The average Bonchev–Trinajstić information content (AvgIpc) is 2.53. The van der Waals surface area contributed by atoms with Gasteiger partial charge in [-0.2, -0.15) is 0 Å². The molecule has 0 unspecified atom stereocenters. The molecule has 1 aromatic heterocycles. The fraction of sp³-hybridized carbons (Fsp3) is 0.647. The van der Waals surface area contributed by atoms with Crippen LogP contribution in [-0.4, -0.2) is 17.4 Å². The topological polar surface area (TPSA) is 72.0 Å². The molecule has 1 heterocycles. The number of rotatable bonds is 4. The molecule has 0 atom stereocenters. The van der Waals surface area contributed by atoms with Gasteiger partial charge in [-0.25, -0.2) is 4.98 Å². The van der Waals surface area contributed by atoms with Crippen molar-refractivity contribution in [2.75, 3.05) is 6.61 Å². The lowest BCUT2D eigenvalue weighted by atomic mass is 9.90. The fourth-order valence-electron chi connectivity index (χ4n) is 3.47. The molecular weight excluding hydrogens is 262 g/mol. The Kier molecular flexibility index (Phi) is 4.42. The summed E-state index contributed by atoms with van der Waals surface area (Å²) in [6.07, 6.45) is 10.9. The molecule has 1 saturated carbocycles. The zero-order chi connectivity index (χ0) is 14.7. The van der Waals surface area contributed by atoms with Gasteiger partial charge in [0, 0.05) is 5.69 Å². The lowest BCUT2D eigenvalue weighted by Crippen LogP contribution is -2.20. The van der Waals surface area contributed by atoms with Crippen LogP contribution < -0.4 is 10.5 Å². The van der Waals surface area contributed by atoms with Crippen LogP contribution in [0, 0.1) is 11.3 Å². The molecule has 0 spiro atoms. The van der Waals surface area contributed by atoms with Crippen LogP contribution in [0.15, 0.2) is 6.07 Å². The highest BCUT2D eigenvalue weighted by Crippen LogP contribution is 2.28. The van der Waals surface area contributed by atoms with Crippen LogP contribution in [0.3, 0.4) is 0 Å². The minimum atomic E-state index is 0.0644. The van der Waals surface area contributed by atoms with Gasteiger partial charge >= 0.3 is 0 Å². The minimum absolute atomic E-state index is 0.0644. The number of hydrogen-bond donors (Lipinski definition) is 2. The summed E-state index contributed by atoms with van der Waals surface area (Å²) in [6, 6.07) is 2.03. The number of aromatic nitrogens is 1. The molecule has 2 aliphatic carbocycles. The number of amidine groups is 1. The number of hydrogen-bond acceptors (Lipinski definition) is 3. The van der Waals surface area contributed by atoms with Crippen molar-refractivity contribution in [2.45, 2.75) is 57.8 Å². The van der Waals surface area contributed by atoms with Gasteiger partial charge in [0.15, 0.2) is 0 Å². The summed E-state index contributed by atoms with van der Waals surface area (Å²) in [7, 11) is 0. The summed E-state index contributed by atoms with van der Waals surface area (Å²) in [5.74, 6) is 1.28. The molecule has 2 aliphatic rings. The first kappa shape index (κ1) is 14.4. The zero-order valence-corrected chi connectivity index (χ0v) is 12.7. The van der Waals surface area contributed by atoms with Crippen molar-refractivity contribution in [2.24, 2.45) is 11.7 Å². The summed E-state index contributed by atoms with van der Waals surface area (Å²) in [6.45, 7) is 0.714. The van der Waals surface area contributed by atoms with Gasteiger partial charge in [-0.3, -0.25) is 5.41 Å². The Balaban J connectivity index is 1.77. The molecule has 4 heteroatoms. The molecule has 3 N–H and O–H groups in total. The lowest BCUT2D eigenvalue weighted by molar-refractivity contribution is 0.202. The standard InChI is InChI=1S/C17H25N3O/c18-16(19)14-10-13-8-4-5-9-15(13)20-17(14)21-11-12-6-2-1-3-7-12/h10,12H,1-9,11H2,(H3,18,19). The first-order chi connectivity index (χ1) is 10.2. The summed E-state index contributed by atoms with van der Waals surface area (Å²) < 4.78 is 5.97. The van der Waals surface area contributed by atoms with Crippen LogP contribution in [0.4, 0.5) is 0 Å². The fourth-order valence-corrected chi connectivity index (χ4v) is 3.47. The molecule has 0 amide bonds. The third-order valence-corrected chi connectivity index (χ3v) is 4.74. The number of ether oxygens (including phenoxy) is 1. The van der Waals surface area contributed by atoms with E-state index < -0.39 is 0 Å². The Morgan fingerprint density at radius 2 is 1.95 bits per heavy atom. The molecule has 0 aromatic carbocycles. The predicted molar refractivity (Wildman–Crippen MR) is 84.0 cm³/mol. The summed E-state index contributed by atoms with van der Waals surface area (Å²) in [4.78, 5) is 4.68. The van der Waals surface area contributed by atoms with E-state index in [1.165, 1.54) is 50.5 Å². The van der Waals surface area contributed by atoms with Gasteiger partial charge in [0.25, 0.3) is 0 Å². The molecule has 1 aromatic rings. The second-order valence-electron chi connectivity index (χ2n) is 6.38. The highest BCUT2D eigenvalue weighted by atomic mass is 16.5. The zero-order valence-electron chi connectivity index (χ0n) is 12.7. The van der Waals surface area contributed by atoms with Crippen LogP contribution in [-0.2, 0) is 12.8 Å². The number of pyridine rings is 1. The summed E-state index contributed by atoms with van der Waals surface area (Å²) in [5, 5.41) is 7.77. The average molecular weight is 287 g/mol. The lowest BCUT2D eigenvalue weighted by Gasteiger charge is -2.23. The van der Waals surface area contributed by atoms with Gasteiger partial charge in [-0.15, -0.1) is 0 Å². The van der Waals surface area contributed by atoms with E-state index >= 15 is 0 Å². The molecule has 1 fully saturated rings. The summed E-state index contributed by atoms with van der Waals surface area (Å²) in [5.41, 5.74) is 8.78. The van der Waals surface area contributed by atoms with Crippen LogP contribution in [0.2, 0.25) is 0 Å². The maximum Gasteiger partial charge on any atom is 0.224 e. The van der Waals surface area contributed by atoms with E-state index in [4.69, 9.17) is 15.9 Å². The smallest absolute Gasteiger partial charge is 0.224 e. The molecule has 0 bridgehead atoms. The molecule has 3 rings (SSSR count). The van der Waals surface area contributed by atoms with E-state index in [9.17, 15) is 0 Å². The first-order valence-corrected chi connectivity index (χ1v) is 8.24. The van der Waals surface area contributed by atoms with E-state index in [2.05, 4.69) is 4.98 Å². The van der Waals surface area contributed by atoms with Gasteiger partial charge in [-0.1, -0.05) is 19.3 Å². The largest absolute Gasteiger partial charge is 0.477 e. The number of aryl methyl sites for hydroxylation is 2. The monoisotopic (exact) mass is 287 g/mol. The molecule has 21 heavy (non-hydrogen) atoms. The van der Waals surface area contributed by atoms with E-state index in [-0.39, 0.29) is 5.84 Å². The van der Waals surface area contributed by atoms with E-state index in [0.717, 1.165) is 18.5 Å². The second-order valence-corrected chi connectivity index (χ2v) is 6.38. The van der Waals surface area contributed by atoms with Crippen molar-refractivity contribution in [3.05, 3.63) is 22.9 Å². The number of nitrogen functional groups attached to an aromatic ring is 1. The predicted octanol–water partition coefficient (Wildman–Crippen LogP) is 3.20. The molecule has 4 nitrogen and oxygen atoms in total. The van der Waals surface area contributed by atoms with Gasteiger partial charge in [0.2, 0.25) is 5.88 Å². The third kappa shape index (κ3) is 3.36. The first-order valence-electron chi connectivity index (χ1n) is 8.24. The second kappa shape index (κ2) is 6.46. The van der Waals surface area contributed by atoms with Crippen LogP contribution >= 0.6 is 0 Å². The van der Waals surface area contributed by atoms with Crippen molar-refractivity contribution in [1.29, 1.82) is 5.41 Å². The van der Waals surface area contributed by atoms with Crippen molar-refractivity contribution >= 4 is 5.84 Å². The van der Waals surface area contributed by atoms with Gasteiger partial charge < -0.3 is 10.5 Å². The molecule has 0 radical (unpaired) electrons. The van der Waals surface area contributed by atoms with Crippen LogP contribution in [0.25, 0.3) is 0 Å². The van der Waals surface area contributed by atoms with Crippen molar-refractivity contribution in [3.8, 4) is 5.88 Å². The van der Waals surface area contributed by atoms with Crippen LogP contribution in [0.5, 0.6) is 5.88 Å². The number of nitrogens with zero attached hydrogens (tertiary/aromatic N) is 1. The molecule has 0 aliphatic heterocycles. The molecular formula is C17H25N3O. The van der Waals surface area contributed by atoms with Crippen LogP contribution in [0.1, 0.15) is 61.8 Å². The van der Waals surface area contributed by atoms with E-state index in [1.54, 1.807) is 0 Å². The maximum absolute atomic E-state index is 7.77. The number of fused-ring (bicyclic) bond motifs is 1. The van der Waals surface area contributed by atoms with Gasteiger partial charge in [0.1, 0.15) is 5.84 Å². The van der Waals surface area contributed by atoms with E-state index in [0.29, 0.717) is 24.0 Å². The third-order valence-electron chi connectivity index (χ3n) is 4.74. The van der Waals surface area contributed by atoms with Crippen molar-refractivity contribution < 1.29 is 4.74 Å². The quantitative estimate of drug-likeness (QED) is 0.660. The number of nitrogens with one attached hydrogen (secondary N) is 1. The highest BCUT2D eigenvalue weighted by Gasteiger charge is 2.19. The van der Waals surface area contributed by atoms with Crippen molar-refractivity contribution in [1.82, 2.24) is 4.98 Å². The Labute approximate surface area is 126 Å². The SMILES string of the molecule is N=C(N)c1cc2c(nc1OCC1CCCCC1)CCCC2. The Morgan fingerprint density at radius 3 is 2.71 bits per heavy atom. The van der Waals surface area contributed by atoms with E-state index in [1.807, 2.05) is 6.07 Å². The molecule has 114 valence electrons. The maximum atomic E-state index is 7.77. The van der Waals surface area contributed by atoms with Gasteiger partial charge in [-0.05, 0) is 56.1 Å². The Hall–Kier alpha value is -1.58. The number of nitrogens with two attached hydrogens (primary N) is 1. The van der Waals surface area contributed by atoms with Crippen molar-refractivity contribution in [3.63, 3.8) is 0 Å². The molecule has 0 saturated heterocycles. The summed E-state index contributed by atoms with van der Waals surface area (Å²) >= 11 is 0. The van der Waals surface area contributed by atoms with Gasteiger partial charge in [0.05, 0.1) is 12.2 Å².